The summed E-state index contributed by atoms with van der Waals surface area (Å²) in [7, 11) is 0. The number of rotatable bonds is 5. The number of hydrogen-bond acceptors (Lipinski definition) is 3. The topological polar surface area (TPSA) is 49.4 Å². The number of nitrogens with zero attached hydrogens (tertiary/aromatic N) is 1. The van der Waals surface area contributed by atoms with E-state index in [0.717, 1.165) is 11.3 Å². The fourth-order valence-electron chi connectivity index (χ4n) is 3.02. The molecule has 1 atom stereocenters. The zero-order valence-electron chi connectivity index (χ0n) is 14.3. The molecule has 1 aromatic carbocycles. The summed E-state index contributed by atoms with van der Waals surface area (Å²) in [5.41, 5.74) is 1.13. The lowest BCUT2D eigenvalue weighted by Crippen LogP contribution is -2.31. The van der Waals surface area contributed by atoms with Gasteiger partial charge in [-0.05, 0) is 42.0 Å². The van der Waals surface area contributed by atoms with Gasteiger partial charge in [-0.2, -0.15) is 0 Å². The highest BCUT2D eigenvalue weighted by molar-refractivity contribution is 7.10. The fraction of sp³-hybridized carbons (Fsp3) is 0.368. The van der Waals surface area contributed by atoms with E-state index in [0.29, 0.717) is 29.2 Å². The maximum absolute atomic E-state index is 12.8. The van der Waals surface area contributed by atoms with Gasteiger partial charge in [-0.3, -0.25) is 9.59 Å². The Hall–Kier alpha value is -1.85. The van der Waals surface area contributed by atoms with E-state index < -0.39 is 0 Å². The Morgan fingerprint density at radius 2 is 2.12 bits per heavy atom. The molecule has 6 heteroatoms. The van der Waals surface area contributed by atoms with E-state index in [1.165, 1.54) is 0 Å². The number of thiophene rings is 1. The maximum Gasteiger partial charge on any atom is 0.251 e. The number of hydrogen-bond donors (Lipinski definition) is 1. The minimum Gasteiger partial charge on any atom is -0.344 e. The molecule has 1 saturated heterocycles. The number of halogens is 1. The predicted octanol–water partition coefficient (Wildman–Crippen LogP) is 4.66. The van der Waals surface area contributed by atoms with Crippen LogP contribution in [0.15, 0.2) is 35.7 Å². The summed E-state index contributed by atoms with van der Waals surface area (Å²) in [6, 6.07) is 9.08. The smallest absolute Gasteiger partial charge is 0.251 e. The number of carbonyl (C=O) groups is 2. The van der Waals surface area contributed by atoms with Crippen molar-refractivity contribution in [3.8, 4) is 0 Å². The maximum atomic E-state index is 12.8. The van der Waals surface area contributed by atoms with Gasteiger partial charge in [-0.1, -0.05) is 31.5 Å². The van der Waals surface area contributed by atoms with Crippen molar-refractivity contribution in [1.82, 2.24) is 5.32 Å². The second-order valence-electron chi connectivity index (χ2n) is 6.53. The Morgan fingerprint density at radius 1 is 1.32 bits per heavy atom. The van der Waals surface area contributed by atoms with Crippen LogP contribution in [0.4, 0.5) is 5.69 Å². The number of carbonyl (C=O) groups excluding carboxylic acids is 2. The molecule has 0 spiro atoms. The molecule has 0 saturated carbocycles. The Labute approximate surface area is 156 Å². The summed E-state index contributed by atoms with van der Waals surface area (Å²) < 4.78 is 0. The molecule has 0 unspecified atom stereocenters. The van der Waals surface area contributed by atoms with Gasteiger partial charge in [0.05, 0.1) is 16.8 Å². The Kier molecular flexibility index (Phi) is 5.45. The third-order valence-electron chi connectivity index (χ3n) is 4.38. The van der Waals surface area contributed by atoms with E-state index in [1.807, 2.05) is 17.5 Å². The van der Waals surface area contributed by atoms with Crippen LogP contribution in [0.25, 0.3) is 0 Å². The molecule has 25 heavy (non-hydrogen) atoms. The van der Waals surface area contributed by atoms with Crippen LogP contribution in [-0.2, 0) is 4.79 Å². The molecule has 2 heterocycles. The molecule has 0 bridgehead atoms. The van der Waals surface area contributed by atoms with Gasteiger partial charge in [0, 0.05) is 23.4 Å². The van der Waals surface area contributed by atoms with Crippen LogP contribution in [-0.4, -0.2) is 18.4 Å². The molecule has 1 aromatic heterocycles. The summed E-state index contributed by atoms with van der Waals surface area (Å²) in [5, 5.41) is 5.61. The van der Waals surface area contributed by atoms with Crippen molar-refractivity contribution in [2.45, 2.75) is 32.7 Å². The van der Waals surface area contributed by atoms with Crippen LogP contribution >= 0.6 is 22.9 Å². The van der Waals surface area contributed by atoms with Crippen molar-refractivity contribution >= 4 is 40.4 Å². The molecule has 0 radical (unpaired) electrons. The first-order chi connectivity index (χ1) is 12.0. The molecular formula is C19H21ClN2O2S. The number of nitrogens with one attached hydrogen (secondary N) is 1. The SMILES string of the molecule is CC(C)[C@@H](NC(=O)c1ccc(Cl)c(N2CCCC2=O)c1)c1cccs1. The van der Waals surface area contributed by atoms with Gasteiger partial charge in [0.2, 0.25) is 5.91 Å². The van der Waals surface area contributed by atoms with E-state index in [-0.39, 0.29) is 23.8 Å². The first kappa shape index (κ1) is 18.0. The van der Waals surface area contributed by atoms with Crippen molar-refractivity contribution in [2.75, 3.05) is 11.4 Å². The average Bonchev–Trinajstić information content (AvgIpc) is 3.24. The Morgan fingerprint density at radius 3 is 2.72 bits per heavy atom. The van der Waals surface area contributed by atoms with Crippen LogP contribution in [0.2, 0.25) is 5.02 Å². The van der Waals surface area contributed by atoms with E-state index in [9.17, 15) is 9.59 Å². The molecule has 1 fully saturated rings. The molecular weight excluding hydrogens is 356 g/mol. The van der Waals surface area contributed by atoms with Crippen LogP contribution in [0.1, 0.15) is 48.0 Å². The van der Waals surface area contributed by atoms with Crippen LogP contribution < -0.4 is 10.2 Å². The average molecular weight is 377 g/mol. The quantitative estimate of drug-likeness (QED) is 0.825. The van der Waals surface area contributed by atoms with Crippen molar-refractivity contribution in [1.29, 1.82) is 0 Å². The molecule has 132 valence electrons. The summed E-state index contributed by atoms with van der Waals surface area (Å²) in [5.74, 6) is 0.171. The summed E-state index contributed by atoms with van der Waals surface area (Å²) in [4.78, 5) is 27.6. The van der Waals surface area contributed by atoms with E-state index >= 15 is 0 Å². The highest BCUT2D eigenvalue weighted by Gasteiger charge is 2.25. The van der Waals surface area contributed by atoms with Crippen molar-refractivity contribution in [3.05, 3.63) is 51.2 Å². The lowest BCUT2D eigenvalue weighted by molar-refractivity contribution is -0.117. The van der Waals surface area contributed by atoms with Gasteiger partial charge in [0.25, 0.3) is 5.91 Å². The lowest BCUT2D eigenvalue weighted by atomic mass is 10.0. The molecule has 1 aliphatic heterocycles. The number of anilines is 1. The van der Waals surface area contributed by atoms with Gasteiger partial charge < -0.3 is 10.2 Å². The first-order valence-corrected chi connectivity index (χ1v) is 9.67. The van der Waals surface area contributed by atoms with E-state index in [2.05, 4.69) is 19.2 Å². The van der Waals surface area contributed by atoms with E-state index in [1.54, 1.807) is 34.4 Å². The minimum absolute atomic E-state index is 0.0416. The van der Waals surface area contributed by atoms with Gasteiger partial charge in [0.1, 0.15) is 0 Å². The normalized spacial score (nSPS) is 15.7. The zero-order valence-corrected chi connectivity index (χ0v) is 15.9. The molecule has 3 rings (SSSR count). The summed E-state index contributed by atoms with van der Waals surface area (Å²) in [6.07, 6.45) is 1.35. The number of benzene rings is 1. The van der Waals surface area contributed by atoms with Gasteiger partial charge in [0.15, 0.2) is 0 Å². The van der Waals surface area contributed by atoms with Crippen LogP contribution in [0, 0.1) is 5.92 Å². The van der Waals surface area contributed by atoms with Crippen molar-refractivity contribution < 1.29 is 9.59 Å². The van der Waals surface area contributed by atoms with Gasteiger partial charge in [-0.25, -0.2) is 0 Å². The van der Waals surface area contributed by atoms with Crippen LogP contribution in [0.3, 0.4) is 0 Å². The standard InChI is InChI=1S/C19H21ClN2O2S/c1-12(2)18(16-5-4-10-25-16)21-19(24)13-7-8-14(20)15(11-13)22-9-3-6-17(22)23/h4-5,7-8,10-12,18H,3,6,9H2,1-2H3,(H,21,24)/t18-/m1/s1. The minimum atomic E-state index is -0.156. The van der Waals surface area contributed by atoms with Crippen molar-refractivity contribution in [3.63, 3.8) is 0 Å². The first-order valence-electron chi connectivity index (χ1n) is 8.41. The third kappa shape index (κ3) is 3.88. The van der Waals surface area contributed by atoms with Crippen LogP contribution in [0.5, 0.6) is 0 Å². The molecule has 0 aliphatic carbocycles. The third-order valence-corrected chi connectivity index (χ3v) is 5.65. The second-order valence-corrected chi connectivity index (χ2v) is 7.91. The number of amides is 2. The predicted molar refractivity (Wildman–Crippen MR) is 102 cm³/mol. The Balaban J connectivity index is 1.83. The fourth-order valence-corrected chi connectivity index (χ4v) is 4.19. The molecule has 1 aliphatic rings. The largest absolute Gasteiger partial charge is 0.344 e. The van der Waals surface area contributed by atoms with E-state index in [4.69, 9.17) is 11.6 Å². The highest BCUT2D eigenvalue weighted by Crippen LogP contribution is 2.31. The zero-order chi connectivity index (χ0) is 18.0. The monoisotopic (exact) mass is 376 g/mol. The molecule has 1 N–H and O–H groups in total. The van der Waals surface area contributed by atoms with Crippen molar-refractivity contribution in [2.24, 2.45) is 5.92 Å². The molecule has 4 nitrogen and oxygen atoms in total. The van der Waals surface area contributed by atoms with Gasteiger partial charge in [-0.15, -0.1) is 11.3 Å². The highest BCUT2D eigenvalue weighted by atomic mass is 35.5. The molecule has 2 amide bonds. The summed E-state index contributed by atoms with van der Waals surface area (Å²) >= 11 is 7.89. The Bertz CT molecular complexity index is 774. The lowest BCUT2D eigenvalue weighted by Gasteiger charge is -2.22. The van der Waals surface area contributed by atoms with Gasteiger partial charge >= 0.3 is 0 Å². The second kappa shape index (κ2) is 7.58. The summed E-state index contributed by atoms with van der Waals surface area (Å²) in [6.45, 7) is 4.81. The molecule has 2 aromatic rings.